The smallest absolute Gasteiger partial charge is 0.319 e. The highest BCUT2D eigenvalue weighted by Crippen LogP contribution is 2.10. The fourth-order valence-corrected chi connectivity index (χ4v) is 1.10. The summed E-state index contributed by atoms with van der Waals surface area (Å²) in [4.78, 5) is 21.7. The highest BCUT2D eigenvalue weighted by Gasteiger charge is 2.28. The lowest BCUT2D eigenvalue weighted by molar-refractivity contribution is -0.142. The van der Waals surface area contributed by atoms with Gasteiger partial charge in [0.2, 0.25) is 0 Å². The topological polar surface area (TPSA) is 54.4 Å². The number of carboxylic acids is 1. The zero-order chi connectivity index (χ0) is 9.89. The third-order valence-corrected chi connectivity index (χ3v) is 2.21. The summed E-state index contributed by atoms with van der Waals surface area (Å²) in [6.07, 6.45) is 0. The number of carbonyl (C=O) groups is 2. The summed E-state index contributed by atoms with van der Waals surface area (Å²) < 4.78 is 0. The van der Waals surface area contributed by atoms with Crippen LogP contribution in [0.3, 0.4) is 0 Å². The molecule has 1 atom stereocenters. The van der Waals surface area contributed by atoms with Crippen LogP contribution >= 0.6 is 12.2 Å². The molecule has 68 valence electrons. The van der Waals surface area contributed by atoms with Gasteiger partial charge in [0.05, 0.1) is 0 Å². The molecule has 0 fully saturated rings. The van der Waals surface area contributed by atoms with E-state index in [0.29, 0.717) is 4.86 Å². The van der Waals surface area contributed by atoms with Crippen molar-refractivity contribution in [2.24, 2.45) is 11.8 Å². The first-order valence-electron chi connectivity index (χ1n) is 3.65. The van der Waals surface area contributed by atoms with Gasteiger partial charge in [-0.15, -0.1) is 0 Å². The van der Waals surface area contributed by atoms with Crippen molar-refractivity contribution in [3.63, 3.8) is 0 Å². The van der Waals surface area contributed by atoms with Gasteiger partial charge in [-0.25, -0.2) is 0 Å². The molecule has 0 rings (SSSR count). The molecule has 0 aliphatic rings. The molecular formula is C8H12O3S. The van der Waals surface area contributed by atoms with Crippen molar-refractivity contribution < 1.29 is 14.7 Å². The van der Waals surface area contributed by atoms with Crippen molar-refractivity contribution in [2.75, 3.05) is 0 Å². The molecule has 0 aromatic carbocycles. The fraction of sp³-hybridized carbons (Fsp3) is 0.625. The van der Waals surface area contributed by atoms with Crippen molar-refractivity contribution >= 4 is 28.8 Å². The molecule has 1 N–H and O–H groups in total. The van der Waals surface area contributed by atoms with Crippen LogP contribution in [0.25, 0.3) is 0 Å². The maximum atomic E-state index is 10.9. The van der Waals surface area contributed by atoms with Crippen LogP contribution in [0.4, 0.5) is 0 Å². The summed E-state index contributed by atoms with van der Waals surface area (Å²) in [5.74, 6) is -2.72. The van der Waals surface area contributed by atoms with Gasteiger partial charge in [0, 0.05) is 4.86 Å². The first-order chi connectivity index (χ1) is 5.37. The molecule has 0 amide bonds. The number of rotatable bonds is 4. The monoisotopic (exact) mass is 188 g/mol. The van der Waals surface area contributed by atoms with Gasteiger partial charge < -0.3 is 5.11 Å². The molecule has 12 heavy (non-hydrogen) atoms. The van der Waals surface area contributed by atoms with E-state index in [1.54, 1.807) is 13.8 Å². The zero-order valence-corrected chi connectivity index (χ0v) is 8.14. The Morgan fingerprint density at radius 3 is 1.83 bits per heavy atom. The van der Waals surface area contributed by atoms with Gasteiger partial charge in [0.15, 0.2) is 0 Å². The molecule has 0 aliphatic carbocycles. The van der Waals surface area contributed by atoms with Gasteiger partial charge in [-0.1, -0.05) is 26.1 Å². The molecule has 1 unspecified atom stereocenters. The van der Waals surface area contributed by atoms with E-state index in [1.165, 1.54) is 6.92 Å². The summed E-state index contributed by atoms with van der Waals surface area (Å²) in [6.45, 7) is 4.80. The minimum Gasteiger partial charge on any atom is -0.480 e. The highest BCUT2D eigenvalue weighted by molar-refractivity contribution is 7.80. The molecule has 0 saturated heterocycles. The van der Waals surface area contributed by atoms with Crippen LogP contribution in [-0.2, 0) is 9.59 Å². The van der Waals surface area contributed by atoms with E-state index >= 15 is 0 Å². The lowest BCUT2D eigenvalue weighted by Crippen LogP contribution is -2.31. The van der Waals surface area contributed by atoms with E-state index in [-0.39, 0.29) is 5.92 Å². The first kappa shape index (κ1) is 11.2. The number of aliphatic carboxylic acids is 1. The van der Waals surface area contributed by atoms with Crippen LogP contribution in [0.1, 0.15) is 20.8 Å². The van der Waals surface area contributed by atoms with Crippen molar-refractivity contribution in [2.45, 2.75) is 20.8 Å². The van der Waals surface area contributed by atoms with Gasteiger partial charge in [0.1, 0.15) is 11.7 Å². The Bertz CT molecular complexity index is 206. The highest BCUT2D eigenvalue weighted by atomic mass is 32.1. The van der Waals surface area contributed by atoms with Crippen molar-refractivity contribution in [1.82, 2.24) is 0 Å². The van der Waals surface area contributed by atoms with E-state index in [4.69, 9.17) is 17.3 Å². The van der Waals surface area contributed by atoms with E-state index in [2.05, 4.69) is 0 Å². The molecule has 0 spiro atoms. The normalized spacial score (nSPS) is 12.7. The second-order valence-electron chi connectivity index (χ2n) is 2.94. The first-order valence-corrected chi connectivity index (χ1v) is 4.05. The molecule has 0 saturated carbocycles. The second kappa shape index (κ2) is 4.30. The Labute approximate surface area is 76.8 Å². The summed E-state index contributed by atoms with van der Waals surface area (Å²) >= 11 is 4.85. The second-order valence-corrected chi connectivity index (χ2v) is 3.41. The quantitative estimate of drug-likeness (QED) is 0.533. The molecule has 0 aromatic rings. The Morgan fingerprint density at radius 2 is 1.75 bits per heavy atom. The SMILES string of the molecule is CC(=O)C(C(=O)O)C(=S)C(C)C. The van der Waals surface area contributed by atoms with Crippen LogP contribution in [0.5, 0.6) is 0 Å². The predicted molar refractivity (Wildman–Crippen MR) is 49.2 cm³/mol. The zero-order valence-electron chi connectivity index (χ0n) is 7.33. The number of carbonyl (C=O) groups excluding carboxylic acids is 1. The Morgan fingerprint density at radius 1 is 1.33 bits per heavy atom. The molecule has 0 bridgehead atoms. The van der Waals surface area contributed by atoms with E-state index < -0.39 is 17.7 Å². The van der Waals surface area contributed by atoms with Crippen molar-refractivity contribution in [3.05, 3.63) is 0 Å². The Balaban J connectivity index is 4.64. The number of carboxylic acid groups (broad SMARTS) is 1. The van der Waals surface area contributed by atoms with Crippen LogP contribution in [0, 0.1) is 11.8 Å². The van der Waals surface area contributed by atoms with Gasteiger partial charge >= 0.3 is 5.97 Å². The van der Waals surface area contributed by atoms with E-state index in [1.807, 2.05) is 0 Å². The van der Waals surface area contributed by atoms with E-state index in [0.717, 1.165) is 0 Å². The Hall–Kier alpha value is -0.770. The minimum absolute atomic E-state index is 0.0509. The van der Waals surface area contributed by atoms with Crippen LogP contribution < -0.4 is 0 Å². The summed E-state index contributed by atoms with van der Waals surface area (Å²) in [7, 11) is 0. The Kier molecular flexibility index (Phi) is 4.03. The largest absolute Gasteiger partial charge is 0.480 e. The number of ketones is 1. The standard InChI is InChI=1S/C8H12O3S/c1-4(2)7(12)6(5(3)9)8(10)11/h4,6H,1-3H3,(H,10,11). The number of Topliss-reactive ketones (excluding diaryl/α,β-unsaturated/α-hetero) is 1. The summed E-state index contributed by atoms with van der Waals surface area (Å²) in [6, 6.07) is 0. The molecular weight excluding hydrogens is 176 g/mol. The van der Waals surface area contributed by atoms with Gasteiger partial charge in [-0.3, -0.25) is 9.59 Å². The van der Waals surface area contributed by atoms with Crippen LogP contribution in [0.15, 0.2) is 0 Å². The van der Waals surface area contributed by atoms with E-state index in [9.17, 15) is 9.59 Å². The van der Waals surface area contributed by atoms with Crippen LogP contribution in [-0.4, -0.2) is 21.7 Å². The summed E-state index contributed by atoms with van der Waals surface area (Å²) in [5.41, 5.74) is 0. The molecule has 0 radical (unpaired) electrons. The minimum atomic E-state index is -1.15. The van der Waals surface area contributed by atoms with Gasteiger partial charge in [-0.2, -0.15) is 0 Å². The molecule has 3 nitrogen and oxygen atoms in total. The van der Waals surface area contributed by atoms with Gasteiger partial charge in [0.25, 0.3) is 0 Å². The molecule has 0 aromatic heterocycles. The molecule has 0 aliphatic heterocycles. The predicted octanol–water partition coefficient (Wildman–Crippen LogP) is 1.30. The molecule has 0 heterocycles. The van der Waals surface area contributed by atoms with Crippen LogP contribution in [0.2, 0.25) is 0 Å². The number of thiocarbonyl (C=S) groups is 1. The number of hydrogen-bond acceptors (Lipinski definition) is 3. The maximum absolute atomic E-state index is 10.9. The maximum Gasteiger partial charge on any atom is 0.319 e. The average molecular weight is 188 g/mol. The average Bonchev–Trinajstić information content (AvgIpc) is 1.85. The third kappa shape index (κ3) is 2.70. The lowest BCUT2D eigenvalue weighted by atomic mass is 9.94. The third-order valence-electron chi connectivity index (χ3n) is 1.51. The lowest BCUT2D eigenvalue weighted by Gasteiger charge is -2.12. The fourth-order valence-electron chi connectivity index (χ4n) is 0.829. The van der Waals surface area contributed by atoms with Crippen molar-refractivity contribution in [3.8, 4) is 0 Å². The molecule has 4 heteroatoms. The van der Waals surface area contributed by atoms with Crippen molar-refractivity contribution in [1.29, 1.82) is 0 Å². The van der Waals surface area contributed by atoms with Gasteiger partial charge in [-0.05, 0) is 12.8 Å². The summed E-state index contributed by atoms with van der Waals surface area (Å²) in [5, 5.41) is 8.65. The number of hydrogen-bond donors (Lipinski definition) is 1.